The highest BCUT2D eigenvalue weighted by molar-refractivity contribution is 7.86. The van der Waals surface area contributed by atoms with Crippen LogP contribution in [-0.2, 0) is 15.0 Å². The van der Waals surface area contributed by atoms with Crippen molar-refractivity contribution in [3.63, 3.8) is 0 Å². The van der Waals surface area contributed by atoms with Gasteiger partial charge in [0.2, 0.25) is 0 Å². The van der Waals surface area contributed by atoms with Crippen molar-refractivity contribution in [1.82, 2.24) is 0 Å². The van der Waals surface area contributed by atoms with Crippen LogP contribution >= 0.6 is 0 Å². The smallest absolute Gasteiger partial charge is 0.358 e. The van der Waals surface area contributed by atoms with Gasteiger partial charge in [0, 0.05) is 0 Å². The van der Waals surface area contributed by atoms with Gasteiger partial charge in [-0.3, -0.25) is 4.55 Å². The quantitative estimate of drug-likeness (QED) is 0.532. The van der Waals surface area contributed by atoms with Gasteiger partial charge in [-0.1, -0.05) is 12.1 Å². The Morgan fingerprint density at radius 1 is 1.36 bits per heavy atom. The lowest BCUT2D eigenvalue weighted by molar-refractivity contribution is 0.0498. The Morgan fingerprint density at radius 2 is 1.93 bits per heavy atom. The molecule has 0 fully saturated rings. The van der Waals surface area contributed by atoms with Crippen LogP contribution in [0.1, 0.15) is 10.4 Å². The highest BCUT2D eigenvalue weighted by atomic mass is 32.2. The maximum Gasteiger partial charge on any atom is 0.358 e. The van der Waals surface area contributed by atoms with E-state index in [-0.39, 0.29) is 5.56 Å². The van der Waals surface area contributed by atoms with Gasteiger partial charge in [-0.25, -0.2) is 4.79 Å². The van der Waals surface area contributed by atoms with E-state index in [2.05, 4.69) is 10.7 Å². The molecule has 0 saturated heterocycles. The summed E-state index contributed by atoms with van der Waals surface area (Å²) in [6.07, 6.45) is 0. The van der Waals surface area contributed by atoms with E-state index in [9.17, 15) is 13.2 Å². The minimum absolute atomic E-state index is 0.308. The summed E-state index contributed by atoms with van der Waals surface area (Å²) in [5.74, 6) is 3.56. The largest absolute Gasteiger partial charge is 0.370 e. The molecule has 0 heterocycles. The van der Waals surface area contributed by atoms with Crippen LogP contribution in [0.4, 0.5) is 0 Å². The molecule has 0 spiro atoms. The normalized spacial score (nSPS) is 11.0. The molecule has 14 heavy (non-hydrogen) atoms. The lowest BCUT2D eigenvalue weighted by atomic mass is 10.2. The van der Waals surface area contributed by atoms with Gasteiger partial charge >= 0.3 is 5.97 Å². The van der Waals surface area contributed by atoms with E-state index in [0.717, 1.165) is 6.07 Å². The predicted molar refractivity (Wildman–Crippen MR) is 45.9 cm³/mol. The zero-order valence-electron chi connectivity index (χ0n) is 6.88. The van der Waals surface area contributed by atoms with Crippen LogP contribution in [0.15, 0.2) is 29.2 Å². The summed E-state index contributed by atoms with van der Waals surface area (Å²) in [6.45, 7) is 0. The first-order valence-corrected chi connectivity index (χ1v) is 4.88. The van der Waals surface area contributed by atoms with Crippen molar-refractivity contribution in [1.29, 1.82) is 0 Å². The molecule has 1 aromatic carbocycles. The number of hydrogen-bond donors (Lipinski definition) is 2. The van der Waals surface area contributed by atoms with Gasteiger partial charge in [0.05, 0.1) is 5.56 Å². The molecule has 0 aliphatic heterocycles. The van der Waals surface area contributed by atoms with Crippen LogP contribution in [0.5, 0.6) is 0 Å². The molecule has 0 saturated carbocycles. The number of benzene rings is 1. The number of nitrogens with two attached hydrogens (primary N) is 1. The molecule has 0 radical (unpaired) electrons. The third-order valence-electron chi connectivity index (χ3n) is 1.49. The van der Waals surface area contributed by atoms with Crippen LogP contribution in [0.3, 0.4) is 0 Å². The summed E-state index contributed by atoms with van der Waals surface area (Å²) in [7, 11) is -4.44. The van der Waals surface area contributed by atoms with Crippen molar-refractivity contribution in [2.24, 2.45) is 5.90 Å². The Hall–Kier alpha value is -1.44. The van der Waals surface area contributed by atoms with E-state index in [1.54, 1.807) is 0 Å². The van der Waals surface area contributed by atoms with Crippen molar-refractivity contribution < 1.29 is 22.6 Å². The highest BCUT2D eigenvalue weighted by Gasteiger charge is 2.20. The van der Waals surface area contributed by atoms with E-state index in [1.165, 1.54) is 18.2 Å². The van der Waals surface area contributed by atoms with Crippen molar-refractivity contribution >= 4 is 16.1 Å². The molecule has 0 amide bonds. The average molecular weight is 217 g/mol. The molecule has 3 N–H and O–H groups in total. The SMILES string of the molecule is NOC(=O)c1ccccc1S(=O)(=O)O. The second-order valence-electron chi connectivity index (χ2n) is 2.38. The molecule has 0 aliphatic carbocycles. The summed E-state index contributed by atoms with van der Waals surface area (Å²) in [4.78, 5) is 14.3. The Balaban J connectivity index is 3.38. The number of hydrogen-bond acceptors (Lipinski definition) is 5. The van der Waals surface area contributed by atoms with Gasteiger partial charge < -0.3 is 4.84 Å². The van der Waals surface area contributed by atoms with E-state index >= 15 is 0 Å². The summed E-state index contributed by atoms with van der Waals surface area (Å²) >= 11 is 0. The maximum atomic E-state index is 11.0. The zero-order chi connectivity index (χ0) is 10.8. The molecule has 0 bridgehead atoms. The summed E-state index contributed by atoms with van der Waals surface area (Å²) < 4.78 is 30.3. The monoisotopic (exact) mass is 217 g/mol. The van der Waals surface area contributed by atoms with Crippen LogP contribution in [-0.4, -0.2) is 18.9 Å². The number of carbonyl (C=O) groups is 1. The molecule has 76 valence electrons. The van der Waals surface area contributed by atoms with Gasteiger partial charge in [0.25, 0.3) is 10.1 Å². The lowest BCUT2D eigenvalue weighted by Crippen LogP contribution is -2.14. The van der Waals surface area contributed by atoms with Gasteiger partial charge in [-0.05, 0) is 12.1 Å². The zero-order valence-corrected chi connectivity index (χ0v) is 7.69. The molecule has 7 heteroatoms. The van der Waals surface area contributed by atoms with Gasteiger partial charge in [0.1, 0.15) is 4.90 Å². The Morgan fingerprint density at radius 3 is 2.43 bits per heavy atom. The highest BCUT2D eigenvalue weighted by Crippen LogP contribution is 2.15. The first-order chi connectivity index (χ1) is 6.46. The van der Waals surface area contributed by atoms with E-state index in [4.69, 9.17) is 4.55 Å². The molecule has 1 aromatic rings. The summed E-state index contributed by atoms with van der Waals surface area (Å²) in [5.41, 5.74) is -0.308. The van der Waals surface area contributed by atoms with Crippen LogP contribution in [0.25, 0.3) is 0 Å². The molecule has 0 atom stereocenters. The lowest BCUT2D eigenvalue weighted by Gasteiger charge is -2.02. The predicted octanol–water partition coefficient (Wildman–Crippen LogP) is -0.0362. The van der Waals surface area contributed by atoms with E-state index in [0.29, 0.717) is 0 Å². The fraction of sp³-hybridized carbons (Fsp3) is 0. The van der Waals surface area contributed by atoms with Gasteiger partial charge in [-0.15, -0.1) is 0 Å². The molecule has 1 rings (SSSR count). The molecule has 0 aliphatic rings. The first kappa shape index (κ1) is 10.6. The first-order valence-electron chi connectivity index (χ1n) is 3.44. The topological polar surface area (TPSA) is 107 Å². The molecular weight excluding hydrogens is 210 g/mol. The number of carbonyl (C=O) groups excluding carboxylic acids is 1. The third-order valence-corrected chi connectivity index (χ3v) is 2.40. The van der Waals surface area contributed by atoms with Crippen molar-refractivity contribution in [2.75, 3.05) is 0 Å². The second-order valence-corrected chi connectivity index (χ2v) is 3.77. The fourth-order valence-electron chi connectivity index (χ4n) is 0.924. The minimum Gasteiger partial charge on any atom is -0.370 e. The Kier molecular flexibility index (Phi) is 2.84. The number of rotatable bonds is 2. The molecule has 0 unspecified atom stereocenters. The fourth-order valence-corrected chi connectivity index (χ4v) is 1.60. The van der Waals surface area contributed by atoms with Gasteiger partial charge in [-0.2, -0.15) is 14.3 Å². The third kappa shape index (κ3) is 2.08. The van der Waals surface area contributed by atoms with E-state index < -0.39 is 21.0 Å². The average Bonchev–Trinajstić information content (AvgIpc) is 2.15. The standard InChI is InChI=1S/C7H7NO5S/c8-13-7(9)5-3-1-2-4-6(5)14(10,11)12/h1-4H,8H2,(H,10,11,12). The van der Waals surface area contributed by atoms with Gasteiger partial charge in [0.15, 0.2) is 0 Å². The van der Waals surface area contributed by atoms with Crippen molar-refractivity contribution in [3.8, 4) is 0 Å². The second kappa shape index (κ2) is 3.74. The van der Waals surface area contributed by atoms with E-state index in [1.807, 2.05) is 0 Å². The van der Waals surface area contributed by atoms with Crippen LogP contribution < -0.4 is 5.90 Å². The summed E-state index contributed by atoms with van der Waals surface area (Å²) in [5, 5.41) is 0. The summed E-state index contributed by atoms with van der Waals surface area (Å²) in [6, 6.07) is 5.03. The Labute approximate surface area is 80.0 Å². The van der Waals surface area contributed by atoms with Crippen molar-refractivity contribution in [2.45, 2.75) is 4.90 Å². The van der Waals surface area contributed by atoms with Crippen molar-refractivity contribution in [3.05, 3.63) is 29.8 Å². The minimum atomic E-state index is -4.44. The maximum absolute atomic E-state index is 11.0. The van der Waals surface area contributed by atoms with Crippen LogP contribution in [0.2, 0.25) is 0 Å². The molecule has 0 aromatic heterocycles. The molecular formula is C7H7NO5S. The van der Waals surface area contributed by atoms with Crippen LogP contribution in [0, 0.1) is 0 Å². The Bertz CT molecular complexity index is 453. The molecule has 6 nitrogen and oxygen atoms in total.